The molecule has 2 heterocycles. The first kappa shape index (κ1) is 28.0. The minimum atomic E-state index is -0.792. The summed E-state index contributed by atoms with van der Waals surface area (Å²) in [6.45, 7) is 7.22. The van der Waals surface area contributed by atoms with Crippen LogP contribution in [0.3, 0.4) is 0 Å². The molecule has 0 saturated heterocycles. The van der Waals surface area contributed by atoms with Crippen molar-refractivity contribution in [2.24, 2.45) is 0 Å². The lowest BCUT2D eigenvalue weighted by molar-refractivity contribution is 0.0499. The molecule has 0 N–H and O–H groups in total. The molecule has 1 aromatic heterocycles. The molecule has 4 aromatic rings. The van der Waals surface area contributed by atoms with Crippen LogP contribution < -0.4 is 19.8 Å². The first-order valence-electron chi connectivity index (χ1n) is 14.0. The molecule has 8 heteroatoms. The Morgan fingerprint density at radius 3 is 2.39 bits per heavy atom. The molecule has 0 fully saturated rings. The molecule has 0 spiro atoms. The first-order valence-corrected chi connectivity index (χ1v) is 14.0. The number of carbonyl (C=O) groups is 2. The maximum Gasteiger partial charge on any atom is 0.338 e. The molecule has 1 aliphatic heterocycles. The highest BCUT2D eigenvalue weighted by Crippen LogP contribution is 2.43. The zero-order valence-electron chi connectivity index (χ0n) is 23.5. The van der Waals surface area contributed by atoms with Crippen LogP contribution in [0.25, 0.3) is 11.0 Å². The van der Waals surface area contributed by atoms with E-state index < -0.39 is 17.9 Å². The van der Waals surface area contributed by atoms with E-state index in [1.165, 1.54) is 4.90 Å². The topological polar surface area (TPSA) is 95.3 Å². The number of nitrogens with zero attached hydrogens (tertiary/aromatic N) is 1. The average molecular weight is 556 g/mol. The van der Waals surface area contributed by atoms with E-state index in [0.717, 1.165) is 19.3 Å². The molecule has 5 rings (SSSR count). The summed E-state index contributed by atoms with van der Waals surface area (Å²) in [4.78, 5) is 41.8. The third-order valence-corrected chi connectivity index (χ3v) is 6.93. The molecule has 212 valence electrons. The second-order valence-corrected chi connectivity index (χ2v) is 9.77. The predicted octanol–water partition coefficient (Wildman–Crippen LogP) is 6.69. The number of amides is 1. The molecular weight excluding hydrogens is 522 g/mol. The van der Waals surface area contributed by atoms with E-state index in [9.17, 15) is 14.4 Å². The molecule has 0 saturated carbocycles. The quantitative estimate of drug-likeness (QED) is 0.150. The number of ether oxygens (including phenoxy) is 3. The summed E-state index contributed by atoms with van der Waals surface area (Å²) < 4.78 is 23.2. The van der Waals surface area contributed by atoms with Gasteiger partial charge in [0.25, 0.3) is 5.91 Å². The van der Waals surface area contributed by atoms with Crippen LogP contribution in [0.5, 0.6) is 11.5 Å². The monoisotopic (exact) mass is 555 g/mol. The van der Waals surface area contributed by atoms with Crippen LogP contribution in [-0.2, 0) is 4.74 Å². The van der Waals surface area contributed by atoms with Crippen LogP contribution in [0.1, 0.15) is 78.1 Å². The van der Waals surface area contributed by atoms with Crippen LogP contribution in [0, 0.1) is 0 Å². The summed E-state index contributed by atoms with van der Waals surface area (Å²) >= 11 is 0. The van der Waals surface area contributed by atoms with Gasteiger partial charge in [0.2, 0.25) is 5.76 Å². The lowest BCUT2D eigenvalue weighted by Crippen LogP contribution is -2.29. The van der Waals surface area contributed by atoms with Crippen LogP contribution in [-0.4, -0.2) is 31.7 Å². The molecule has 8 nitrogen and oxygen atoms in total. The highest BCUT2D eigenvalue weighted by molar-refractivity contribution is 6.10. The van der Waals surface area contributed by atoms with E-state index in [-0.39, 0.29) is 16.8 Å². The molecule has 0 bridgehead atoms. The number of unbranched alkanes of at least 4 members (excludes halogenated alkanes) is 1. The maximum absolute atomic E-state index is 13.9. The van der Waals surface area contributed by atoms with E-state index in [2.05, 4.69) is 0 Å². The number of esters is 1. The van der Waals surface area contributed by atoms with E-state index >= 15 is 0 Å². The summed E-state index contributed by atoms with van der Waals surface area (Å²) in [6.07, 6.45) is 2.54. The van der Waals surface area contributed by atoms with Gasteiger partial charge >= 0.3 is 5.97 Å². The largest absolute Gasteiger partial charge is 0.490 e. The SMILES string of the molecule is CCCCOC(=O)c1ccc(N2C(=O)c3oc4ccccc4c(=O)c3C2c2ccc(OCCC)c(OCC)c2)cc1. The van der Waals surface area contributed by atoms with Crippen molar-refractivity contribution in [3.05, 3.63) is 99.4 Å². The fourth-order valence-electron chi connectivity index (χ4n) is 4.95. The molecule has 0 radical (unpaired) electrons. The molecule has 1 atom stereocenters. The molecule has 3 aromatic carbocycles. The fourth-order valence-corrected chi connectivity index (χ4v) is 4.95. The molecule has 1 aliphatic rings. The second-order valence-electron chi connectivity index (χ2n) is 9.77. The van der Waals surface area contributed by atoms with Gasteiger partial charge < -0.3 is 18.6 Å². The Morgan fingerprint density at radius 1 is 0.878 bits per heavy atom. The number of benzene rings is 3. The van der Waals surface area contributed by atoms with Crippen molar-refractivity contribution in [1.29, 1.82) is 0 Å². The van der Waals surface area contributed by atoms with Crippen LogP contribution in [0.4, 0.5) is 5.69 Å². The normalized spacial score (nSPS) is 14.3. The summed E-state index contributed by atoms with van der Waals surface area (Å²) in [7, 11) is 0. The van der Waals surface area contributed by atoms with Crippen molar-refractivity contribution >= 4 is 28.5 Å². The molecule has 1 amide bonds. The van der Waals surface area contributed by atoms with E-state index in [1.54, 1.807) is 54.6 Å². The van der Waals surface area contributed by atoms with Gasteiger partial charge in [-0.2, -0.15) is 0 Å². The summed E-state index contributed by atoms with van der Waals surface area (Å²) in [5, 5.41) is 0.393. The Morgan fingerprint density at radius 2 is 1.66 bits per heavy atom. The minimum Gasteiger partial charge on any atom is -0.490 e. The van der Waals surface area contributed by atoms with Gasteiger partial charge in [0.05, 0.1) is 42.4 Å². The zero-order valence-corrected chi connectivity index (χ0v) is 23.5. The average Bonchev–Trinajstić information content (AvgIpc) is 3.29. The number of hydrogen-bond donors (Lipinski definition) is 0. The van der Waals surface area contributed by atoms with Crippen molar-refractivity contribution in [3.63, 3.8) is 0 Å². The van der Waals surface area contributed by atoms with Gasteiger partial charge in [-0.25, -0.2) is 4.79 Å². The number of fused-ring (bicyclic) bond motifs is 2. The summed E-state index contributed by atoms with van der Waals surface area (Å²) in [5.41, 5.74) is 1.86. The van der Waals surface area contributed by atoms with E-state index in [1.807, 2.05) is 32.9 Å². The van der Waals surface area contributed by atoms with Gasteiger partial charge in [-0.15, -0.1) is 0 Å². The molecular formula is C33H33NO7. The van der Waals surface area contributed by atoms with Crippen molar-refractivity contribution in [2.75, 3.05) is 24.7 Å². The Balaban J connectivity index is 1.62. The van der Waals surface area contributed by atoms with Gasteiger partial charge in [0, 0.05) is 5.69 Å². The number of hydrogen-bond acceptors (Lipinski definition) is 7. The van der Waals surface area contributed by atoms with Crippen LogP contribution >= 0.6 is 0 Å². The van der Waals surface area contributed by atoms with Gasteiger partial charge in [-0.1, -0.05) is 38.5 Å². The Kier molecular flexibility index (Phi) is 8.38. The predicted molar refractivity (Wildman–Crippen MR) is 156 cm³/mol. The molecule has 1 unspecified atom stereocenters. The summed E-state index contributed by atoms with van der Waals surface area (Å²) in [5.74, 6) is 0.228. The number of para-hydroxylation sites is 1. The molecule has 41 heavy (non-hydrogen) atoms. The fraction of sp³-hybridized carbons (Fsp3) is 0.303. The van der Waals surface area contributed by atoms with Crippen molar-refractivity contribution in [2.45, 2.75) is 46.1 Å². The van der Waals surface area contributed by atoms with Gasteiger partial charge in [0.15, 0.2) is 16.9 Å². The lowest BCUT2D eigenvalue weighted by Gasteiger charge is -2.26. The molecule has 0 aliphatic carbocycles. The maximum atomic E-state index is 13.9. The first-order chi connectivity index (χ1) is 20.0. The van der Waals surface area contributed by atoms with Crippen LogP contribution in [0.2, 0.25) is 0 Å². The third-order valence-electron chi connectivity index (χ3n) is 6.93. The number of rotatable bonds is 11. The Labute approximate surface area is 238 Å². The number of anilines is 1. The second kappa shape index (κ2) is 12.3. The minimum absolute atomic E-state index is 0.00831. The van der Waals surface area contributed by atoms with E-state index in [0.29, 0.717) is 59.1 Å². The standard InChI is InChI=1S/C33H33NO7/c1-4-7-19-40-33(37)21-12-15-23(16-13-21)34-29(22-14-17-26(39-18-5-2)27(20-22)38-6-3)28-30(35)24-10-8-9-11-25(24)41-31(28)32(34)36/h8-17,20,29H,4-7,18-19H2,1-3H3. The van der Waals surface area contributed by atoms with Crippen molar-refractivity contribution < 1.29 is 28.2 Å². The van der Waals surface area contributed by atoms with Gasteiger partial charge in [0.1, 0.15) is 5.58 Å². The van der Waals surface area contributed by atoms with E-state index in [4.69, 9.17) is 18.6 Å². The number of carbonyl (C=O) groups excluding carboxylic acids is 2. The van der Waals surface area contributed by atoms with Crippen LogP contribution in [0.15, 0.2) is 75.9 Å². The van der Waals surface area contributed by atoms with Crippen molar-refractivity contribution in [1.82, 2.24) is 0 Å². The van der Waals surface area contributed by atoms with Gasteiger partial charge in [-0.05, 0) is 73.9 Å². The smallest absolute Gasteiger partial charge is 0.338 e. The Hall–Kier alpha value is -4.59. The van der Waals surface area contributed by atoms with Crippen molar-refractivity contribution in [3.8, 4) is 11.5 Å². The highest BCUT2D eigenvalue weighted by Gasteiger charge is 2.44. The van der Waals surface area contributed by atoms with Gasteiger partial charge in [-0.3, -0.25) is 14.5 Å². The Bertz CT molecular complexity index is 1620. The lowest BCUT2D eigenvalue weighted by atomic mass is 9.97. The zero-order chi connectivity index (χ0) is 28.9. The summed E-state index contributed by atoms with van der Waals surface area (Å²) in [6, 6.07) is 18.1. The highest BCUT2D eigenvalue weighted by atomic mass is 16.5. The third kappa shape index (κ3) is 5.42.